The molecule has 2 N–H and O–H groups in total. The van der Waals surface area contributed by atoms with E-state index in [-0.39, 0.29) is 96.8 Å². The standard InChI is InChI=1S/C42H65N3O10S/c1-10-23-12-11-13-31(55-33-15-14-30(45(5)6)21(3)51-33)20(2)36(47)29-18-26-25-16-24(54-41-39(50-9)38(49-8)37(48-7)22(4)52-41)17-28(25)35-40(56-42(43)44-35)34(26)27(29)19-32(46)53-23/h18,20-28,30-31,33-34,37-39,41H,10-17,19H2,1-9H3,(H2,43,44)/t20-,21?,22?,23+,24+,25+,26+,27-,28-,30+,31+,33+,34-,37+,38?,39?,41+/m1/s1. The topological polar surface area (TPSA) is 150 Å². The van der Waals surface area contributed by atoms with Crippen LogP contribution >= 0.6 is 11.3 Å². The molecule has 0 radical (unpaired) electrons. The van der Waals surface area contributed by atoms with Gasteiger partial charge in [0.1, 0.15) is 24.4 Å². The van der Waals surface area contributed by atoms with Crippen LogP contribution in [-0.2, 0) is 47.5 Å². The van der Waals surface area contributed by atoms with E-state index in [9.17, 15) is 9.59 Å². The lowest BCUT2D eigenvalue weighted by molar-refractivity contribution is -0.314. The number of ether oxygens (including phenoxy) is 8. The molecule has 0 aromatic carbocycles. The van der Waals surface area contributed by atoms with Gasteiger partial charge >= 0.3 is 5.97 Å². The quantitative estimate of drug-likeness (QED) is 0.309. The van der Waals surface area contributed by atoms with E-state index >= 15 is 0 Å². The molecule has 4 fully saturated rings. The number of methoxy groups -OCH3 is 3. The molecule has 314 valence electrons. The number of Topliss-reactive ketones (excluding diaryl/α,β-unsaturated/α-hetero) is 1. The molecule has 4 heterocycles. The molecule has 17 atom stereocenters. The van der Waals surface area contributed by atoms with E-state index in [1.165, 1.54) is 11.3 Å². The number of nitrogens with two attached hydrogens (primary N) is 1. The number of carbonyl (C=O) groups is 2. The number of hydrogen-bond donors (Lipinski definition) is 1. The predicted molar refractivity (Wildman–Crippen MR) is 210 cm³/mol. The van der Waals surface area contributed by atoms with Crippen LogP contribution in [0, 0.1) is 23.7 Å². The number of nitrogens with zero attached hydrogens (tertiary/aromatic N) is 2. The van der Waals surface area contributed by atoms with Gasteiger partial charge in [0.05, 0.1) is 36.5 Å². The van der Waals surface area contributed by atoms with E-state index in [0.717, 1.165) is 55.5 Å². The molecule has 1 saturated carbocycles. The second-order valence-corrected chi connectivity index (χ2v) is 18.4. The van der Waals surface area contributed by atoms with Crippen LogP contribution < -0.4 is 5.73 Å². The molecule has 7 rings (SSSR count). The molecule has 4 unspecified atom stereocenters. The van der Waals surface area contributed by atoms with Crippen molar-refractivity contribution in [2.45, 2.75) is 165 Å². The second kappa shape index (κ2) is 17.7. The molecular weight excluding hydrogens is 739 g/mol. The van der Waals surface area contributed by atoms with Gasteiger partial charge in [-0.05, 0) is 96.7 Å². The highest BCUT2D eigenvalue weighted by molar-refractivity contribution is 7.15. The fourth-order valence-electron chi connectivity index (χ4n) is 11.1. The molecule has 0 amide bonds. The predicted octanol–water partition coefficient (Wildman–Crippen LogP) is 5.60. The smallest absolute Gasteiger partial charge is 0.306 e. The van der Waals surface area contributed by atoms with Crippen molar-refractivity contribution in [1.29, 1.82) is 0 Å². The largest absolute Gasteiger partial charge is 0.462 e. The monoisotopic (exact) mass is 803 g/mol. The molecule has 14 heteroatoms. The number of carbonyl (C=O) groups excluding carboxylic acids is 2. The van der Waals surface area contributed by atoms with Crippen molar-refractivity contribution in [2.75, 3.05) is 41.2 Å². The van der Waals surface area contributed by atoms with E-state index in [0.29, 0.717) is 23.2 Å². The summed E-state index contributed by atoms with van der Waals surface area (Å²) in [6, 6.07) is 0.318. The molecule has 6 aliphatic rings. The third-order valence-electron chi connectivity index (χ3n) is 13.9. The first-order chi connectivity index (χ1) is 26.9. The third kappa shape index (κ3) is 8.12. The number of esters is 1. The van der Waals surface area contributed by atoms with Crippen LogP contribution in [0.1, 0.15) is 108 Å². The number of nitrogen functional groups attached to an aromatic ring is 1. The molecule has 1 aromatic heterocycles. The summed E-state index contributed by atoms with van der Waals surface area (Å²) < 4.78 is 50.0. The van der Waals surface area contributed by atoms with E-state index in [1.54, 1.807) is 21.3 Å². The van der Waals surface area contributed by atoms with Crippen molar-refractivity contribution >= 4 is 28.2 Å². The van der Waals surface area contributed by atoms with Gasteiger partial charge < -0.3 is 48.5 Å². The van der Waals surface area contributed by atoms with Crippen LogP contribution in [0.3, 0.4) is 0 Å². The normalized spacial score (nSPS) is 43.2. The minimum Gasteiger partial charge on any atom is -0.462 e. The number of thiazole rings is 1. The SMILES string of the molecule is CC[C@H]1CCC[C@H](O[C@H]2CC[C@H](N(C)C)C(C)O2)[C@@H](C)C(=O)C2=C[C@H]3[C@@H]4C[C@H](O[C@@H]5OC(C)[C@H](OC)C(OC)C5OC)C[C@H]4c4nc(N)sc4[C@H]3[C@@H]2CC(=O)O1. The van der Waals surface area contributed by atoms with Crippen molar-refractivity contribution in [3.05, 3.63) is 22.2 Å². The van der Waals surface area contributed by atoms with Crippen molar-refractivity contribution in [2.24, 2.45) is 23.7 Å². The maximum atomic E-state index is 15.0. The van der Waals surface area contributed by atoms with Gasteiger partial charge in [-0.3, -0.25) is 9.59 Å². The van der Waals surface area contributed by atoms with E-state index in [4.69, 9.17) is 48.6 Å². The van der Waals surface area contributed by atoms with Crippen molar-refractivity contribution in [1.82, 2.24) is 9.88 Å². The van der Waals surface area contributed by atoms with Crippen LogP contribution in [0.4, 0.5) is 5.13 Å². The summed E-state index contributed by atoms with van der Waals surface area (Å²) in [5.74, 6) is -0.929. The van der Waals surface area contributed by atoms with Crippen molar-refractivity contribution in [3.8, 4) is 0 Å². The number of likely N-dealkylation sites (N-methyl/N-ethyl adjacent to an activating group) is 1. The second-order valence-electron chi connectivity index (χ2n) is 17.3. The molecule has 0 bridgehead atoms. The Balaban J connectivity index is 1.18. The Labute approximate surface area is 336 Å². The maximum Gasteiger partial charge on any atom is 0.306 e. The zero-order valence-corrected chi connectivity index (χ0v) is 35.5. The molecule has 3 aliphatic carbocycles. The van der Waals surface area contributed by atoms with Gasteiger partial charge in [0, 0.05) is 55.9 Å². The van der Waals surface area contributed by atoms with Gasteiger partial charge in [0.2, 0.25) is 0 Å². The number of hydrogen-bond acceptors (Lipinski definition) is 14. The molecule has 0 spiro atoms. The van der Waals surface area contributed by atoms with Crippen LogP contribution in [0.5, 0.6) is 0 Å². The van der Waals surface area contributed by atoms with Crippen LogP contribution in [0.2, 0.25) is 0 Å². The Hall–Kier alpha value is -2.01. The van der Waals surface area contributed by atoms with Gasteiger partial charge in [0.15, 0.2) is 23.5 Å². The summed E-state index contributed by atoms with van der Waals surface area (Å²) in [5, 5.41) is 0.498. The minimum atomic E-state index is -0.658. The number of ketones is 1. The van der Waals surface area contributed by atoms with Gasteiger partial charge in [-0.2, -0.15) is 0 Å². The Kier molecular flexibility index (Phi) is 13.3. The van der Waals surface area contributed by atoms with Gasteiger partial charge in [-0.25, -0.2) is 4.98 Å². The third-order valence-corrected chi connectivity index (χ3v) is 14.9. The summed E-state index contributed by atoms with van der Waals surface area (Å²) in [4.78, 5) is 37.0. The van der Waals surface area contributed by atoms with Gasteiger partial charge in [-0.1, -0.05) is 19.9 Å². The van der Waals surface area contributed by atoms with Crippen molar-refractivity contribution < 1.29 is 47.5 Å². The molecule has 1 aromatic rings. The van der Waals surface area contributed by atoms with Crippen LogP contribution in [-0.4, -0.2) is 125 Å². The number of fused-ring (bicyclic) bond motifs is 8. The molecule has 3 aliphatic heterocycles. The number of aromatic nitrogens is 1. The number of rotatable bonds is 9. The maximum absolute atomic E-state index is 15.0. The average molecular weight is 804 g/mol. The Bertz CT molecular complexity index is 1570. The lowest BCUT2D eigenvalue weighted by Crippen LogP contribution is -2.59. The highest BCUT2D eigenvalue weighted by Gasteiger charge is 2.57. The lowest BCUT2D eigenvalue weighted by Gasteiger charge is -2.44. The number of allylic oxidation sites excluding steroid dienone is 2. The Morgan fingerprint density at radius 1 is 0.911 bits per heavy atom. The fourth-order valence-corrected chi connectivity index (χ4v) is 12.2. The first kappa shape index (κ1) is 42.1. The summed E-state index contributed by atoms with van der Waals surface area (Å²) >= 11 is 1.49. The van der Waals surface area contributed by atoms with E-state index < -0.39 is 18.3 Å². The first-order valence-corrected chi connectivity index (χ1v) is 21.8. The molecule has 13 nitrogen and oxygen atoms in total. The van der Waals surface area contributed by atoms with E-state index in [2.05, 4.69) is 38.9 Å². The summed E-state index contributed by atoms with van der Waals surface area (Å²) in [7, 11) is 9.11. The van der Waals surface area contributed by atoms with Crippen LogP contribution in [0.15, 0.2) is 11.6 Å². The zero-order valence-electron chi connectivity index (χ0n) is 34.7. The molecular formula is C42H65N3O10S. The van der Waals surface area contributed by atoms with Crippen molar-refractivity contribution in [3.63, 3.8) is 0 Å². The highest BCUT2D eigenvalue weighted by Crippen LogP contribution is 2.62. The Morgan fingerprint density at radius 3 is 2.34 bits per heavy atom. The molecule has 56 heavy (non-hydrogen) atoms. The van der Waals surface area contributed by atoms with Crippen LogP contribution in [0.25, 0.3) is 0 Å². The highest BCUT2D eigenvalue weighted by atomic mass is 32.1. The summed E-state index contributed by atoms with van der Waals surface area (Å²) in [6.45, 7) is 8.12. The minimum absolute atomic E-state index is 0.00382. The lowest BCUT2D eigenvalue weighted by atomic mass is 9.68. The molecule has 3 saturated heterocycles. The zero-order chi connectivity index (χ0) is 40.0. The summed E-state index contributed by atoms with van der Waals surface area (Å²) in [6.07, 6.45) is 5.27. The number of cyclic esters (lactones) is 1. The first-order valence-electron chi connectivity index (χ1n) is 20.9. The number of anilines is 1. The van der Waals surface area contributed by atoms with Gasteiger partial charge in [0.25, 0.3) is 0 Å². The van der Waals surface area contributed by atoms with E-state index in [1.807, 2.05) is 13.8 Å². The average Bonchev–Trinajstić information content (AvgIpc) is 3.87. The fraction of sp³-hybridized carbons (Fsp3) is 0.833. The van der Waals surface area contributed by atoms with Gasteiger partial charge in [-0.15, -0.1) is 11.3 Å². The Morgan fingerprint density at radius 2 is 1.66 bits per heavy atom. The summed E-state index contributed by atoms with van der Waals surface area (Å²) in [5.41, 5.74) is 8.17.